The van der Waals surface area contributed by atoms with Crippen molar-refractivity contribution in [3.63, 3.8) is 0 Å². The lowest BCUT2D eigenvalue weighted by atomic mass is 10.2. The Morgan fingerprint density at radius 1 is 0.920 bits per heavy atom. The molecule has 0 unspecified atom stereocenters. The molecule has 0 bridgehead atoms. The van der Waals surface area contributed by atoms with Crippen LogP contribution in [-0.4, -0.2) is 9.55 Å². The summed E-state index contributed by atoms with van der Waals surface area (Å²) >= 11 is 1.86. The standard InChI is InChI=1S/C21H14N3S/c1-2-7-14(8-3-1)24-18-11-5-4-9-16(18)19-21(24)25-20-15-10-6-12-22-17(15)13-23(19)20/h1-12H,13H2/q+1. The summed E-state index contributed by atoms with van der Waals surface area (Å²) in [7, 11) is 0. The van der Waals surface area contributed by atoms with Crippen LogP contribution in [0.1, 0.15) is 5.69 Å². The molecule has 5 aromatic rings. The maximum absolute atomic E-state index is 4.58. The van der Waals surface area contributed by atoms with Crippen LogP contribution in [0.3, 0.4) is 0 Å². The van der Waals surface area contributed by atoms with Gasteiger partial charge in [-0.15, -0.1) is 0 Å². The number of benzene rings is 2. The molecule has 25 heavy (non-hydrogen) atoms. The summed E-state index contributed by atoms with van der Waals surface area (Å²) < 4.78 is 4.82. The molecule has 0 radical (unpaired) electrons. The van der Waals surface area contributed by atoms with Crippen molar-refractivity contribution in [3.8, 4) is 16.3 Å². The second-order valence-electron chi connectivity index (χ2n) is 6.33. The number of thiazole rings is 1. The summed E-state index contributed by atoms with van der Waals surface area (Å²) in [5, 5.41) is 2.61. The van der Waals surface area contributed by atoms with Crippen molar-refractivity contribution in [2.75, 3.05) is 0 Å². The Labute approximate surface area is 148 Å². The second kappa shape index (κ2) is 4.77. The highest BCUT2D eigenvalue weighted by molar-refractivity contribution is 7.21. The average Bonchev–Trinajstić information content (AvgIpc) is 3.29. The Balaban J connectivity index is 1.78. The van der Waals surface area contributed by atoms with E-state index < -0.39 is 0 Å². The second-order valence-corrected chi connectivity index (χ2v) is 7.31. The van der Waals surface area contributed by atoms with Gasteiger partial charge in [0.15, 0.2) is 11.4 Å². The van der Waals surface area contributed by atoms with E-state index in [0.29, 0.717) is 0 Å². The summed E-state index contributed by atoms with van der Waals surface area (Å²) in [6.45, 7) is 0.855. The van der Waals surface area contributed by atoms with E-state index in [9.17, 15) is 0 Å². The van der Waals surface area contributed by atoms with E-state index in [1.807, 2.05) is 23.6 Å². The van der Waals surface area contributed by atoms with Crippen LogP contribution in [-0.2, 0) is 6.54 Å². The van der Waals surface area contributed by atoms with Gasteiger partial charge >= 0.3 is 0 Å². The molecule has 0 saturated carbocycles. The van der Waals surface area contributed by atoms with Crippen molar-refractivity contribution >= 4 is 32.6 Å². The first-order valence-corrected chi connectivity index (χ1v) is 9.19. The molecule has 0 fully saturated rings. The highest BCUT2D eigenvalue weighted by atomic mass is 32.1. The molecule has 3 nitrogen and oxygen atoms in total. The number of fused-ring (bicyclic) bond motifs is 7. The summed E-state index contributed by atoms with van der Waals surface area (Å²) in [6, 6.07) is 23.5. The van der Waals surface area contributed by atoms with Crippen molar-refractivity contribution in [2.45, 2.75) is 6.54 Å². The third kappa shape index (κ3) is 1.69. The predicted molar refractivity (Wildman–Crippen MR) is 101 cm³/mol. The smallest absolute Gasteiger partial charge is 0.274 e. The molecule has 1 aliphatic heterocycles. The normalized spacial score (nSPS) is 12.6. The fraction of sp³-hybridized carbons (Fsp3) is 0.0476. The van der Waals surface area contributed by atoms with Crippen LogP contribution in [0.5, 0.6) is 0 Å². The van der Waals surface area contributed by atoms with Crippen LogP contribution in [0, 0.1) is 0 Å². The van der Waals surface area contributed by atoms with Crippen molar-refractivity contribution < 1.29 is 4.57 Å². The number of hydrogen-bond acceptors (Lipinski definition) is 2. The van der Waals surface area contributed by atoms with Crippen LogP contribution < -0.4 is 4.57 Å². The zero-order chi connectivity index (χ0) is 16.4. The monoisotopic (exact) mass is 340 g/mol. The zero-order valence-corrected chi connectivity index (χ0v) is 14.2. The first kappa shape index (κ1) is 13.3. The molecule has 0 atom stereocenters. The van der Waals surface area contributed by atoms with Gasteiger partial charge in [0.05, 0.1) is 16.5 Å². The van der Waals surface area contributed by atoms with E-state index in [0.717, 1.165) is 6.54 Å². The number of nitrogens with zero attached hydrogens (tertiary/aromatic N) is 3. The average molecular weight is 340 g/mol. The van der Waals surface area contributed by atoms with Crippen LogP contribution in [0.2, 0.25) is 0 Å². The molecule has 0 aliphatic carbocycles. The molecular formula is C21H14N3S+. The first-order chi connectivity index (χ1) is 12.4. The van der Waals surface area contributed by atoms with Crippen molar-refractivity contribution in [3.05, 3.63) is 78.6 Å². The summed E-state index contributed by atoms with van der Waals surface area (Å²) in [4.78, 5) is 5.88. The van der Waals surface area contributed by atoms with E-state index in [1.165, 1.54) is 43.2 Å². The molecule has 0 saturated heterocycles. The van der Waals surface area contributed by atoms with Gasteiger partial charge in [0, 0.05) is 11.9 Å². The lowest BCUT2D eigenvalue weighted by molar-refractivity contribution is -0.641. The lowest BCUT2D eigenvalue weighted by Crippen LogP contribution is -2.30. The summed E-state index contributed by atoms with van der Waals surface area (Å²) in [5.41, 5.74) is 6.23. The largest absolute Gasteiger partial charge is 0.295 e. The van der Waals surface area contributed by atoms with Crippen molar-refractivity contribution in [1.29, 1.82) is 0 Å². The molecule has 0 amide bonds. The summed E-state index contributed by atoms with van der Waals surface area (Å²) in [5.74, 6) is 0. The Kier molecular flexibility index (Phi) is 2.54. The molecular weight excluding hydrogens is 326 g/mol. The Morgan fingerprint density at radius 2 is 1.76 bits per heavy atom. The molecule has 2 aromatic carbocycles. The van der Waals surface area contributed by atoms with Gasteiger partial charge in [0.25, 0.3) is 10.5 Å². The summed E-state index contributed by atoms with van der Waals surface area (Å²) in [6.07, 6.45) is 1.89. The van der Waals surface area contributed by atoms with Crippen LogP contribution in [0.4, 0.5) is 0 Å². The van der Waals surface area contributed by atoms with E-state index in [1.54, 1.807) is 0 Å². The minimum absolute atomic E-state index is 0.855. The van der Waals surface area contributed by atoms with Gasteiger partial charge in [0.2, 0.25) is 0 Å². The number of rotatable bonds is 1. The highest BCUT2D eigenvalue weighted by Crippen LogP contribution is 2.40. The number of pyridine rings is 1. The van der Waals surface area contributed by atoms with Gasteiger partial charge in [-0.1, -0.05) is 30.3 Å². The van der Waals surface area contributed by atoms with Crippen LogP contribution >= 0.6 is 11.3 Å². The Hall–Kier alpha value is -2.98. The minimum atomic E-state index is 0.855. The third-order valence-corrected chi connectivity index (χ3v) is 6.16. The molecule has 4 heterocycles. The minimum Gasteiger partial charge on any atom is -0.295 e. The topological polar surface area (TPSA) is 21.7 Å². The lowest BCUT2D eigenvalue weighted by Gasteiger charge is -2.04. The molecule has 118 valence electrons. The highest BCUT2D eigenvalue weighted by Gasteiger charge is 2.35. The third-order valence-electron chi connectivity index (χ3n) is 4.96. The predicted octanol–water partition coefficient (Wildman–Crippen LogP) is 4.56. The van der Waals surface area contributed by atoms with Crippen LogP contribution in [0.15, 0.2) is 72.9 Å². The van der Waals surface area contributed by atoms with E-state index in [2.05, 4.69) is 74.8 Å². The first-order valence-electron chi connectivity index (χ1n) is 8.37. The molecule has 6 rings (SSSR count). The van der Waals surface area contributed by atoms with Crippen molar-refractivity contribution in [2.24, 2.45) is 0 Å². The van der Waals surface area contributed by atoms with Crippen LogP contribution in [0.25, 0.3) is 37.5 Å². The number of para-hydroxylation sites is 2. The zero-order valence-electron chi connectivity index (χ0n) is 13.4. The maximum Gasteiger partial charge on any atom is 0.274 e. The van der Waals surface area contributed by atoms with Gasteiger partial charge < -0.3 is 0 Å². The molecule has 0 N–H and O–H groups in total. The van der Waals surface area contributed by atoms with Gasteiger partial charge in [-0.05, 0) is 47.7 Å². The Bertz CT molecular complexity index is 1260. The Morgan fingerprint density at radius 3 is 2.68 bits per heavy atom. The van der Waals surface area contributed by atoms with E-state index in [4.69, 9.17) is 0 Å². The number of aromatic nitrogens is 3. The van der Waals surface area contributed by atoms with Gasteiger partial charge in [-0.3, -0.25) is 9.55 Å². The molecule has 4 heteroatoms. The fourth-order valence-corrected chi connectivity index (χ4v) is 5.25. The fourth-order valence-electron chi connectivity index (χ4n) is 3.90. The maximum atomic E-state index is 4.58. The molecule has 1 aliphatic rings. The molecule has 3 aromatic heterocycles. The van der Waals surface area contributed by atoms with Crippen molar-refractivity contribution in [1.82, 2.24) is 9.55 Å². The van der Waals surface area contributed by atoms with Gasteiger partial charge in [0.1, 0.15) is 5.69 Å². The number of hydrogen-bond donors (Lipinski definition) is 0. The van der Waals surface area contributed by atoms with E-state index >= 15 is 0 Å². The van der Waals surface area contributed by atoms with Gasteiger partial charge in [-0.25, -0.2) is 0 Å². The quantitative estimate of drug-likeness (QED) is 0.402. The molecule has 0 spiro atoms. The van der Waals surface area contributed by atoms with E-state index in [-0.39, 0.29) is 0 Å². The van der Waals surface area contributed by atoms with Gasteiger partial charge in [-0.2, -0.15) is 4.57 Å². The SMILES string of the molecule is c1ccc(-n2c3ccccc3c3c2sc2[n+]3Cc3ncccc3-2)cc1.